The molecule has 0 aliphatic carbocycles. The molecule has 0 aromatic carbocycles. The molecule has 2 aliphatic rings. The second-order valence-electron chi connectivity index (χ2n) is 5.85. The Morgan fingerprint density at radius 2 is 1.94 bits per heavy atom. The lowest BCUT2D eigenvalue weighted by Crippen LogP contribution is -2.41. The van der Waals surface area contributed by atoms with Gasteiger partial charge < -0.3 is 15.0 Å². The molecule has 16 heavy (non-hydrogen) atoms. The summed E-state index contributed by atoms with van der Waals surface area (Å²) in [7, 11) is 0. The molecule has 4 heteroatoms. The Labute approximate surface area is 97.3 Å². The number of likely N-dealkylation sites (tertiary alicyclic amines) is 1. The van der Waals surface area contributed by atoms with Crippen LogP contribution in [0.2, 0.25) is 0 Å². The largest absolute Gasteiger partial charge is 0.444 e. The van der Waals surface area contributed by atoms with Crippen molar-refractivity contribution in [2.24, 2.45) is 0 Å². The quantitative estimate of drug-likeness (QED) is 0.684. The van der Waals surface area contributed by atoms with E-state index < -0.39 is 5.60 Å². The van der Waals surface area contributed by atoms with E-state index in [0.29, 0.717) is 12.1 Å². The van der Waals surface area contributed by atoms with Crippen molar-refractivity contribution in [2.75, 3.05) is 13.1 Å². The van der Waals surface area contributed by atoms with Gasteiger partial charge in [-0.3, -0.25) is 0 Å². The first kappa shape index (κ1) is 11.7. The summed E-state index contributed by atoms with van der Waals surface area (Å²) in [5.41, 5.74) is -0.393. The van der Waals surface area contributed by atoms with Crippen LogP contribution in [-0.4, -0.2) is 41.8 Å². The van der Waals surface area contributed by atoms with Crippen LogP contribution >= 0.6 is 0 Å². The molecule has 0 spiro atoms. The number of amides is 1. The maximum absolute atomic E-state index is 11.9. The summed E-state index contributed by atoms with van der Waals surface area (Å²) in [4.78, 5) is 13.8. The highest BCUT2D eigenvalue weighted by atomic mass is 16.6. The molecule has 0 saturated carbocycles. The average Bonchev–Trinajstić information content (AvgIpc) is 2.42. The number of ether oxygens (including phenoxy) is 1. The molecule has 2 aliphatic heterocycles. The minimum Gasteiger partial charge on any atom is -0.444 e. The zero-order chi connectivity index (χ0) is 11.8. The summed E-state index contributed by atoms with van der Waals surface area (Å²) < 4.78 is 5.40. The van der Waals surface area contributed by atoms with Gasteiger partial charge in [-0.25, -0.2) is 4.79 Å². The summed E-state index contributed by atoms with van der Waals surface area (Å²) in [5.74, 6) is 0. The number of rotatable bonds is 0. The molecule has 0 aromatic rings. The van der Waals surface area contributed by atoms with Crippen molar-refractivity contribution in [3.63, 3.8) is 0 Å². The van der Waals surface area contributed by atoms with Gasteiger partial charge in [0.2, 0.25) is 0 Å². The molecular weight excluding hydrogens is 204 g/mol. The Balaban J connectivity index is 1.92. The Morgan fingerprint density at radius 3 is 2.62 bits per heavy atom. The van der Waals surface area contributed by atoms with Gasteiger partial charge in [-0.05, 0) is 40.0 Å². The Hall–Kier alpha value is -0.770. The minimum atomic E-state index is -0.393. The number of hydrogen-bond acceptors (Lipinski definition) is 3. The molecule has 1 N–H and O–H groups in total. The minimum absolute atomic E-state index is 0.165. The SMILES string of the molecule is CC(C)(C)OC(=O)N1CC[C@H]2CC[C@H](C1)N2. The maximum atomic E-state index is 11.9. The van der Waals surface area contributed by atoms with Gasteiger partial charge in [0.1, 0.15) is 5.60 Å². The molecule has 92 valence electrons. The van der Waals surface area contributed by atoms with E-state index in [-0.39, 0.29) is 6.09 Å². The van der Waals surface area contributed by atoms with E-state index in [1.54, 1.807) is 0 Å². The van der Waals surface area contributed by atoms with Crippen molar-refractivity contribution >= 4 is 6.09 Å². The lowest BCUT2D eigenvalue weighted by atomic mass is 10.1. The number of nitrogens with one attached hydrogen (secondary N) is 1. The molecule has 2 rings (SSSR count). The van der Waals surface area contributed by atoms with Crippen LogP contribution in [0.5, 0.6) is 0 Å². The van der Waals surface area contributed by atoms with Crippen LogP contribution in [0, 0.1) is 0 Å². The zero-order valence-electron chi connectivity index (χ0n) is 10.5. The topological polar surface area (TPSA) is 41.6 Å². The van der Waals surface area contributed by atoms with E-state index in [2.05, 4.69) is 5.32 Å². The number of hydrogen-bond donors (Lipinski definition) is 1. The van der Waals surface area contributed by atoms with E-state index >= 15 is 0 Å². The van der Waals surface area contributed by atoms with Crippen LogP contribution in [0.25, 0.3) is 0 Å². The third kappa shape index (κ3) is 2.88. The fourth-order valence-corrected chi connectivity index (χ4v) is 2.44. The van der Waals surface area contributed by atoms with Crippen molar-refractivity contribution < 1.29 is 9.53 Å². The molecule has 2 bridgehead atoms. The van der Waals surface area contributed by atoms with Crippen LogP contribution in [0.3, 0.4) is 0 Å². The third-order valence-corrected chi connectivity index (χ3v) is 3.17. The van der Waals surface area contributed by atoms with Crippen molar-refractivity contribution in [1.82, 2.24) is 10.2 Å². The van der Waals surface area contributed by atoms with E-state index in [9.17, 15) is 4.79 Å². The van der Waals surface area contributed by atoms with E-state index in [1.807, 2.05) is 25.7 Å². The van der Waals surface area contributed by atoms with Crippen molar-refractivity contribution in [3.8, 4) is 0 Å². The number of carbonyl (C=O) groups excluding carboxylic acids is 1. The summed E-state index contributed by atoms with van der Waals surface area (Å²) in [6.07, 6.45) is 3.33. The molecule has 2 saturated heterocycles. The van der Waals surface area contributed by atoms with Gasteiger partial charge in [-0.1, -0.05) is 0 Å². The predicted molar refractivity (Wildman–Crippen MR) is 62.4 cm³/mol. The molecular formula is C12H22N2O2. The van der Waals surface area contributed by atoms with Crippen LogP contribution in [-0.2, 0) is 4.74 Å². The lowest BCUT2D eigenvalue weighted by Gasteiger charge is -2.28. The van der Waals surface area contributed by atoms with Crippen LogP contribution in [0.4, 0.5) is 4.79 Å². The van der Waals surface area contributed by atoms with E-state index in [1.165, 1.54) is 12.8 Å². The molecule has 0 unspecified atom stereocenters. The van der Waals surface area contributed by atoms with Gasteiger partial charge >= 0.3 is 6.09 Å². The van der Waals surface area contributed by atoms with Crippen molar-refractivity contribution in [3.05, 3.63) is 0 Å². The fraction of sp³-hybridized carbons (Fsp3) is 0.917. The highest BCUT2D eigenvalue weighted by Gasteiger charge is 2.32. The zero-order valence-corrected chi connectivity index (χ0v) is 10.5. The molecule has 2 heterocycles. The molecule has 4 nitrogen and oxygen atoms in total. The number of fused-ring (bicyclic) bond motifs is 2. The smallest absolute Gasteiger partial charge is 0.410 e. The monoisotopic (exact) mass is 226 g/mol. The summed E-state index contributed by atoms with van der Waals surface area (Å²) in [6, 6.07) is 1.08. The van der Waals surface area contributed by atoms with Gasteiger partial charge in [0.05, 0.1) is 0 Å². The first-order valence-corrected chi connectivity index (χ1v) is 6.18. The first-order chi connectivity index (χ1) is 7.44. The molecule has 2 fully saturated rings. The second kappa shape index (κ2) is 4.24. The van der Waals surface area contributed by atoms with Crippen LogP contribution < -0.4 is 5.32 Å². The van der Waals surface area contributed by atoms with Gasteiger partial charge in [-0.15, -0.1) is 0 Å². The molecule has 0 radical (unpaired) electrons. The fourth-order valence-electron chi connectivity index (χ4n) is 2.44. The van der Waals surface area contributed by atoms with Gasteiger partial charge in [0.15, 0.2) is 0 Å². The molecule has 2 atom stereocenters. The maximum Gasteiger partial charge on any atom is 0.410 e. The van der Waals surface area contributed by atoms with Gasteiger partial charge in [-0.2, -0.15) is 0 Å². The standard InChI is InChI=1S/C12H22N2O2/c1-12(2,3)16-11(15)14-7-6-9-4-5-10(8-14)13-9/h9-10,13H,4-8H2,1-3H3/t9-,10-/m1/s1. The Bertz CT molecular complexity index is 273. The summed E-state index contributed by atoms with van der Waals surface area (Å²) in [5, 5.41) is 3.55. The highest BCUT2D eigenvalue weighted by Crippen LogP contribution is 2.21. The van der Waals surface area contributed by atoms with Crippen LogP contribution in [0.15, 0.2) is 0 Å². The van der Waals surface area contributed by atoms with Crippen molar-refractivity contribution in [2.45, 2.75) is 57.7 Å². The number of nitrogens with zero attached hydrogens (tertiary/aromatic N) is 1. The summed E-state index contributed by atoms with van der Waals surface area (Å²) in [6.45, 7) is 7.35. The highest BCUT2D eigenvalue weighted by molar-refractivity contribution is 5.68. The average molecular weight is 226 g/mol. The number of carbonyl (C=O) groups is 1. The predicted octanol–water partition coefficient (Wildman–Crippen LogP) is 1.75. The van der Waals surface area contributed by atoms with Gasteiger partial charge in [0.25, 0.3) is 0 Å². The Kier molecular flexibility index (Phi) is 3.10. The van der Waals surface area contributed by atoms with Gasteiger partial charge in [0, 0.05) is 25.2 Å². The molecule has 0 aromatic heterocycles. The third-order valence-electron chi connectivity index (χ3n) is 3.17. The normalized spacial score (nSPS) is 30.1. The van der Waals surface area contributed by atoms with E-state index in [4.69, 9.17) is 4.74 Å². The Morgan fingerprint density at radius 1 is 1.25 bits per heavy atom. The van der Waals surface area contributed by atoms with E-state index in [0.717, 1.165) is 19.5 Å². The first-order valence-electron chi connectivity index (χ1n) is 6.18. The van der Waals surface area contributed by atoms with Crippen LogP contribution in [0.1, 0.15) is 40.0 Å². The molecule has 1 amide bonds. The van der Waals surface area contributed by atoms with Crippen molar-refractivity contribution in [1.29, 1.82) is 0 Å². The second-order valence-corrected chi connectivity index (χ2v) is 5.85. The lowest BCUT2D eigenvalue weighted by molar-refractivity contribution is 0.0242. The summed E-state index contributed by atoms with van der Waals surface area (Å²) >= 11 is 0.